The molecule has 2 atom stereocenters. The van der Waals surface area contributed by atoms with Crippen LogP contribution in [0.5, 0.6) is 0 Å². The number of rotatable bonds is 4. The summed E-state index contributed by atoms with van der Waals surface area (Å²) in [5.74, 6) is 0.494. The number of hydrogen-bond donors (Lipinski definition) is 1. The molecule has 0 spiro atoms. The number of amides is 2. The Morgan fingerprint density at radius 1 is 1.17 bits per heavy atom. The van der Waals surface area contributed by atoms with Crippen molar-refractivity contribution in [1.82, 2.24) is 4.90 Å². The number of aryl methyl sites for hydroxylation is 1. The fourth-order valence-electron chi connectivity index (χ4n) is 4.00. The summed E-state index contributed by atoms with van der Waals surface area (Å²) >= 11 is 0. The van der Waals surface area contributed by atoms with Crippen LogP contribution in [-0.2, 0) is 16.0 Å². The van der Waals surface area contributed by atoms with E-state index in [1.807, 2.05) is 29.2 Å². The zero-order chi connectivity index (χ0) is 16.9. The van der Waals surface area contributed by atoms with Crippen molar-refractivity contribution in [1.29, 1.82) is 0 Å². The summed E-state index contributed by atoms with van der Waals surface area (Å²) in [6.07, 6.45) is 7.06. The predicted molar refractivity (Wildman–Crippen MR) is 92.9 cm³/mol. The van der Waals surface area contributed by atoms with Crippen molar-refractivity contribution in [2.75, 3.05) is 19.0 Å². The second-order valence-corrected chi connectivity index (χ2v) is 6.80. The molecule has 130 valence electrons. The molecule has 0 aromatic heterocycles. The average molecular weight is 330 g/mol. The third-order valence-electron chi connectivity index (χ3n) is 5.30. The molecule has 0 radical (unpaired) electrons. The van der Waals surface area contributed by atoms with Crippen LogP contribution in [0.25, 0.3) is 0 Å². The number of carbonyl (C=O) groups excluding carboxylic acids is 2. The van der Waals surface area contributed by atoms with Gasteiger partial charge in [-0.05, 0) is 55.7 Å². The summed E-state index contributed by atoms with van der Waals surface area (Å²) < 4.78 is 4.65. The third-order valence-corrected chi connectivity index (χ3v) is 5.30. The molecule has 5 nitrogen and oxygen atoms in total. The molecular weight excluding hydrogens is 304 g/mol. The van der Waals surface area contributed by atoms with E-state index in [1.54, 1.807) is 0 Å². The van der Waals surface area contributed by atoms with E-state index in [-0.39, 0.29) is 12.0 Å². The van der Waals surface area contributed by atoms with Crippen LogP contribution in [-0.4, -0.2) is 36.6 Å². The van der Waals surface area contributed by atoms with E-state index in [4.69, 9.17) is 0 Å². The monoisotopic (exact) mass is 330 g/mol. The van der Waals surface area contributed by atoms with Crippen LogP contribution in [0.1, 0.15) is 44.1 Å². The quantitative estimate of drug-likeness (QED) is 0.858. The zero-order valence-corrected chi connectivity index (χ0v) is 14.3. The largest absolute Gasteiger partial charge is 0.469 e. The van der Waals surface area contributed by atoms with Gasteiger partial charge < -0.3 is 15.0 Å². The highest BCUT2D eigenvalue weighted by atomic mass is 16.5. The van der Waals surface area contributed by atoms with Crippen molar-refractivity contribution < 1.29 is 14.3 Å². The molecule has 1 aromatic rings. The highest BCUT2D eigenvalue weighted by Gasteiger charge is 2.37. The van der Waals surface area contributed by atoms with Gasteiger partial charge in [-0.3, -0.25) is 4.79 Å². The molecule has 1 saturated carbocycles. The molecule has 1 aliphatic heterocycles. The molecule has 3 rings (SSSR count). The van der Waals surface area contributed by atoms with Gasteiger partial charge in [-0.2, -0.15) is 0 Å². The number of benzene rings is 1. The van der Waals surface area contributed by atoms with Crippen molar-refractivity contribution in [3.05, 3.63) is 29.8 Å². The molecule has 1 heterocycles. The lowest BCUT2D eigenvalue weighted by Gasteiger charge is -2.37. The molecule has 5 heteroatoms. The first-order valence-electron chi connectivity index (χ1n) is 8.91. The molecule has 24 heavy (non-hydrogen) atoms. The Morgan fingerprint density at radius 2 is 1.92 bits per heavy atom. The van der Waals surface area contributed by atoms with Gasteiger partial charge in [-0.25, -0.2) is 4.79 Å². The topological polar surface area (TPSA) is 58.6 Å². The molecule has 1 aromatic carbocycles. The Labute approximate surface area is 143 Å². The van der Waals surface area contributed by atoms with Crippen molar-refractivity contribution in [3.8, 4) is 0 Å². The van der Waals surface area contributed by atoms with E-state index in [1.165, 1.54) is 26.4 Å². The molecule has 2 fully saturated rings. The van der Waals surface area contributed by atoms with E-state index >= 15 is 0 Å². The van der Waals surface area contributed by atoms with Crippen LogP contribution in [0, 0.1) is 5.92 Å². The first-order valence-corrected chi connectivity index (χ1v) is 8.91. The van der Waals surface area contributed by atoms with Crippen LogP contribution in [0.2, 0.25) is 0 Å². The minimum absolute atomic E-state index is 0.0221. The second kappa shape index (κ2) is 7.69. The van der Waals surface area contributed by atoms with Crippen molar-refractivity contribution >= 4 is 17.7 Å². The van der Waals surface area contributed by atoms with Gasteiger partial charge in [0.2, 0.25) is 0 Å². The van der Waals surface area contributed by atoms with E-state index in [9.17, 15) is 9.59 Å². The maximum Gasteiger partial charge on any atom is 0.322 e. The maximum absolute atomic E-state index is 12.6. The molecule has 0 bridgehead atoms. The fourth-order valence-corrected chi connectivity index (χ4v) is 4.00. The summed E-state index contributed by atoms with van der Waals surface area (Å²) in [6, 6.07) is 8.16. The minimum atomic E-state index is -0.205. The normalized spacial score (nSPS) is 22.8. The number of hydrogen-bond acceptors (Lipinski definition) is 3. The minimum Gasteiger partial charge on any atom is -0.469 e. The SMILES string of the molecule is COC(=O)CCc1ccc(NC(=O)N2CCC[C@H]3CCC[C@@H]32)cc1. The van der Waals surface area contributed by atoms with Gasteiger partial charge in [0.1, 0.15) is 0 Å². The zero-order valence-electron chi connectivity index (χ0n) is 14.3. The number of nitrogens with one attached hydrogen (secondary N) is 1. The third kappa shape index (κ3) is 3.89. The lowest BCUT2D eigenvalue weighted by molar-refractivity contribution is -0.140. The first-order chi connectivity index (χ1) is 11.7. The lowest BCUT2D eigenvalue weighted by Crippen LogP contribution is -2.48. The van der Waals surface area contributed by atoms with E-state index in [0.717, 1.165) is 30.6 Å². The molecule has 2 amide bonds. The van der Waals surface area contributed by atoms with Crippen molar-refractivity contribution in [3.63, 3.8) is 0 Å². The van der Waals surface area contributed by atoms with Crippen LogP contribution in [0.4, 0.5) is 10.5 Å². The van der Waals surface area contributed by atoms with Gasteiger partial charge in [0.15, 0.2) is 0 Å². The number of likely N-dealkylation sites (tertiary alicyclic amines) is 1. The Bertz CT molecular complexity index is 585. The van der Waals surface area contributed by atoms with Crippen molar-refractivity contribution in [2.24, 2.45) is 5.92 Å². The number of ether oxygens (including phenoxy) is 1. The molecule has 0 unspecified atom stereocenters. The predicted octanol–water partition coefficient (Wildman–Crippen LogP) is 3.59. The van der Waals surface area contributed by atoms with Crippen LogP contribution >= 0.6 is 0 Å². The molecule has 1 saturated heterocycles. The fraction of sp³-hybridized carbons (Fsp3) is 0.579. The van der Waals surface area contributed by atoms with Gasteiger partial charge >= 0.3 is 12.0 Å². The number of urea groups is 1. The number of methoxy groups -OCH3 is 1. The Balaban J connectivity index is 1.55. The number of fused-ring (bicyclic) bond motifs is 1. The van der Waals surface area contributed by atoms with Gasteiger partial charge in [0, 0.05) is 24.7 Å². The number of carbonyl (C=O) groups is 2. The second-order valence-electron chi connectivity index (χ2n) is 6.80. The highest BCUT2D eigenvalue weighted by Crippen LogP contribution is 2.36. The molecular formula is C19H26N2O3. The van der Waals surface area contributed by atoms with Crippen LogP contribution in [0.3, 0.4) is 0 Å². The van der Waals surface area contributed by atoms with Crippen molar-refractivity contribution in [2.45, 2.75) is 51.0 Å². The van der Waals surface area contributed by atoms with Gasteiger partial charge in [0.05, 0.1) is 7.11 Å². The number of nitrogens with zero attached hydrogens (tertiary/aromatic N) is 1. The van der Waals surface area contributed by atoms with E-state index in [2.05, 4.69) is 10.1 Å². The summed E-state index contributed by atoms with van der Waals surface area (Å²) in [6.45, 7) is 0.865. The molecule has 2 aliphatic rings. The highest BCUT2D eigenvalue weighted by molar-refractivity contribution is 5.89. The van der Waals surface area contributed by atoms with Gasteiger partial charge in [0.25, 0.3) is 0 Å². The Kier molecular flexibility index (Phi) is 5.38. The van der Waals surface area contributed by atoms with E-state index < -0.39 is 0 Å². The Hall–Kier alpha value is -2.04. The van der Waals surface area contributed by atoms with Gasteiger partial charge in [-0.1, -0.05) is 18.6 Å². The molecule has 1 aliphatic carbocycles. The van der Waals surface area contributed by atoms with E-state index in [0.29, 0.717) is 24.8 Å². The van der Waals surface area contributed by atoms with Gasteiger partial charge in [-0.15, -0.1) is 0 Å². The number of piperidine rings is 1. The summed E-state index contributed by atoms with van der Waals surface area (Å²) in [4.78, 5) is 25.8. The number of anilines is 1. The van der Waals surface area contributed by atoms with Crippen LogP contribution in [0.15, 0.2) is 24.3 Å². The summed E-state index contributed by atoms with van der Waals surface area (Å²) in [5.41, 5.74) is 1.87. The maximum atomic E-state index is 12.6. The Morgan fingerprint density at radius 3 is 2.67 bits per heavy atom. The number of esters is 1. The average Bonchev–Trinajstić information content (AvgIpc) is 3.09. The standard InChI is InChI=1S/C19H26N2O3/c1-24-18(22)12-9-14-7-10-16(11-8-14)20-19(23)21-13-3-5-15-4-2-6-17(15)21/h7-8,10-11,15,17H,2-6,9,12-13H2,1H3,(H,20,23)/t15-,17+/m1/s1. The summed E-state index contributed by atoms with van der Waals surface area (Å²) in [7, 11) is 1.40. The summed E-state index contributed by atoms with van der Waals surface area (Å²) in [5, 5.41) is 3.02. The first kappa shape index (κ1) is 16.8. The van der Waals surface area contributed by atoms with Crippen LogP contribution < -0.4 is 5.32 Å². The molecule has 1 N–H and O–H groups in total. The lowest BCUT2D eigenvalue weighted by atomic mass is 9.92. The smallest absolute Gasteiger partial charge is 0.322 e.